The second kappa shape index (κ2) is 7.16. The van der Waals surface area contributed by atoms with Crippen molar-refractivity contribution in [2.45, 2.75) is 48.0 Å². The van der Waals surface area contributed by atoms with E-state index in [0.29, 0.717) is 0 Å². The molecule has 1 aliphatic heterocycles. The Hall–Kier alpha value is -1.18. The average Bonchev–Trinajstić information content (AvgIpc) is 2.79. The van der Waals surface area contributed by atoms with Crippen molar-refractivity contribution in [2.24, 2.45) is 4.99 Å². The molecule has 0 aromatic carbocycles. The Kier molecular flexibility index (Phi) is 6.59. The molecule has 15 heavy (non-hydrogen) atoms. The van der Waals surface area contributed by atoms with Gasteiger partial charge in [-0.05, 0) is 25.0 Å². The van der Waals surface area contributed by atoms with Crippen molar-refractivity contribution in [3.63, 3.8) is 0 Å². The highest BCUT2D eigenvalue weighted by molar-refractivity contribution is 5.77. The van der Waals surface area contributed by atoms with E-state index in [2.05, 4.69) is 16.9 Å². The monoisotopic (exact) mass is 206 g/mol. The standard InChI is InChI=1S/C9H10N2.2C2H6/c1-6-5-11-7(2)9-8(6)3-4-10-9;2*1-2/h4-5H,3H2,1-2H3;2*1-2H3. The summed E-state index contributed by atoms with van der Waals surface area (Å²) in [5.41, 5.74) is 4.73. The van der Waals surface area contributed by atoms with E-state index in [-0.39, 0.29) is 0 Å². The minimum atomic E-state index is 0.977. The largest absolute Gasteiger partial charge is 0.259 e. The van der Waals surface area contributed by atoms with Gasteiger partial charge < -0.3 is 0 Å². The molecule has 1 aromatic rings. The maximum Gasteiger partial charge on any atom is 0.0876 e. The summed E-state index contributed by atoms with van der Waals surface area (Å²) in [5.74, 6) is 0. The Morgan fingerprint density at radius 2 is 1.67 bits per heavy atom. The molecular weight excluding hydrogens is 184 g/mol. The van der Waals surface area contributed by atoms with Crippen molar-refractivity contribution in [2.75, 3.05) is 0 Å². The van der Waals surface area contributed by atoms with Gasteiger partial charge in [-0.3, -0.25) is 9.98 Å². The average molecular weight is 206 g/mol. The van der Waals surface area contributed by atoms with Crippen LogP contribution in [0.2, 0.25) is 0 Å². The zero-order valence-electron chi connectivity index (χ0n) is 10.8. The van der Waals surface area contributed by atoms with Crippen molar-refractivity contribution in [3.8, 4) is 0 Å². The Bertz CT molecular complexity index is 328. The Balaban J connectivity index is 0.000000442. The third-order valence-corrected chi connectivity index (χ3v) is 2.07. The highest BCUT2D eigenvalue weighted by Gasteiger charge is 2.11. The Morgan fingerprint density at radius 3 is 2.20 bits per heavy atom. The normalized spacial score (nSPS) is 10.8. The van der Waals surface area contributed by atoms with Crippen LogP contribution in [0, 0.1) is 13.8 Å². The van der Waals surface area contributed by atoms with Gasteiger partial charge in [0.25, 0.3) is 0 Å². The predicted octanol–water partition coefficient (Wildman–Crippen LogP) is 4.01. The quantitative estimate of drug-likeness (QED) is 0.629. The summed E-state index contributed by atoms with van der Waals surface area (Å²) in [6.07, 6.45) is 4.85. The van der Waals surface area contributed by atoms with E-state index in [1.807, 2.05) is 47.0 Å². The first-order chi connectivity index (χ1) is 7.29. The molecule has 0 amide bonds. The summed E-state index contributed by atoms with van der Waals surface area (Å²) >= 11 is 0. The lowest BCUT2D eigenvalue weighted by Gasteiger charge is -2.03. The molecule has 2 nitrogen and oxygen atoms in total. The van der Waals surface area contributed by atoms with Crippen molar-refractivity contribution in [1.29, 1.82) is 0 Å². The molecule has 0 spiro atoms. The van der Waals surface area contributed by atoms with Crippen molar-refractivity contribution < 1.29 is 0 Å². The molecule has 0 radical (unpaired) electrons. The van der Waals surface area contributed by atoms with Gasteiger partial charge in [-0.15, -0.1) is 0 Å². The Labute approximate surface area is 93.5 Å². The first-order valence-electron chi connectivity index (χ1n) is 5.76. The van der Waals surface area contributed by atoms with Crippen LogP contribution in [-0.4, -0.2) is 11.2 Å². The SMILES string of the molecule is CC.CC.Cc1cnc(C)c2c1CC=N2. The van der Waals surface area contributed by atoms with E-state index < -0.39 is 0 Å². The first-order valence-corrected chi connectivity index (χ1v) is 5.76. The van der Waals surface area contributed by atoms with Crippen molar-refractivity contribution in [3.05, 3.63) is 23.0 Å². The fraction of sp³-hybridized carbons (Fsp3) is 0.538. The van der Waals surface area contributed by atoms with Gasteiger partial charge in [-0.1, -0.05) is 27.7 Å². The first kappa shape index (κ1) is 13.8. The van der Waals surface area contributed by atoms with Crippen LogP contribution in [0.4, 0.5) is 5.69 Å². The highest BCUT2D eigenvalue weighted by atomic mass is 14.8. The van der Waals surface area contributed by atoms with Crippen LogP contribution in [-0.2, 0) is 6.42 Å². The lowest BCUT2D eigenvalue weighted by molar-refractivity contribution is 1.13. The molecule has 84 valence electrons. The van der Waals surface area contributed by atoms with Crippen LogP contribution in [0.5, 0.6) is 0 Å². The van der Waals surface area contributed by atoms with E-state index >= 15 is 0 Å². The predicted molar refractivity (Wildman–Crippen MR) is 68.3 cm³/mol. The van der Waals surface area contributed by atoms with Gasteiger partial charge in [0.1, 0.15) is 0 Å². The lowest BCUT2D eigenvalue weighted by Crippen LogP contribution is -1.89. The second-order valence-corrected chi connectivity index (χ2v) is 2.87. The molecule has 0 atom stereocenters. The molecule has 2 heterocycles. The molecule has 0 saturated heterocycles. The number of rotatable bonds is 0. The molecule has 1 aromatic heterocycles. The number of pyridine rings is 1. The van der Waals surface area contributed by atoms with Crippen molar-refractivity contribution >= 4 is 11.9 Å². The number of aryl methyl sites for hydroxylation is 2. The Morgan fingerprint density at radius 1 is 1.07 bits per heavy atom. The van der Waals surface area contributed by atoms with Crippen LogP contribution in [0.1, 0.15) is 44.5 Å². The molecule has 0 fully saturated rings. The summed E-state index contributed by atoms with van der Waals surface area (Å²) in [6, 6.07) is 0. The number of hydrogen-bond donors (Lipinski definition) is 0. The second-order valence-electron chi connectivity index (χ2n) is 2.87. The number of hydrogen-bond acceptors (Lipinski definition) is 2. The van der Waals surface area contributed by atoms with Crippen LogP contribution in [0.3, 0.4) is 0 Å². The smallest absolute Gasteiger partial charge is 0.0876 e. The summed E-state index contributed by atoms with van der Waals surface area (Å²) in [5, 5.41) is 0. The molecule has 0 saturated carbocycles. The summed E-state index contributed by atoms with van der Waals surface area (Å²) < 4.78 is 0. The topological polar surface area (TPSA) is 25.2 Å². The van der Waals surface area contributed by atoms with E-state index in [9.17, 15) is 0 Å². The zero-order valence-corrected chi connectivity index (χ0v) is 10.8. The maximum absolute atomic E-state index is 4.27. The number of aliphatic imine (C=N–C) groups is 1. The van der Waals surface area contributed by atoms with E-state index in [0.717, 1.165) is 17.8 Å². The van der Waals surface area contributed by atoms with Gasteiger partial charge in [0.05, 0.1) is 11.4 Å². The van der Waals surface area contributed by atoms with Gasteiger partial charge in [0.15, 0.2) is 0 Å². The van der Waals surface area contributed by atoms with Crippen LogP contribution < -0.4 is 0 Å². The van der Waals surface area contributed by atoms with Gasteiger partial charge >= 0.3 is 0 Å². The summed E-state index contributed by atoms with van der Waals surface area (Å²) in [7, 11) is 0. The third-order valence-electron chi connectivity index (χ3n) is 2.07. The summed E-state index contributed by atoms with van der Waals surface area (Å²) in [6.45, 7) is 12.1. The van der Waals surface area contributed by atoms with Crippen LogP contribution >= 0.6 is 0 Å². The third kappa shape index (κ3) is 3.15. The minimum Gasteiger partial charge on any atom is -0.259 e. The summed E-state index contributed by atoms with van der Waals surface area (Å²) in [4.78, 5) is 8.51. The van der Waals surface area contributed by atoms with Crippen molar-refractivity contribution in [1.82, 2.24) is 4.98 Å². The molecular formula is C13H22N2. The highest BCUT2D eigenvalue weighted by Crippen LogP contribution is 2.28. The number of fused-ring (bicyclic) bond motifs is 1. The van der Waals surface area contributed by atoms with Gasteiger partial charge in [0.2, 0.25) is 0 Å². The van der Waals surface area contributed by atoms with Gasteiger partial charge in [-0.2, -0.15) is 0 Å². The molecule has 0 bridgehead atoms. The molecule has 2 rings (SSSR count). The molecule has 1 aliphatic rings. The molecule has 2 heteroatoms. The minimum absolute atomic E-state index is 0.977. The fourth-order valence-corrected chi connectivity index (χ4v) is 1.40. The van der Waals surface area contributed by atoms with E-state index in [4.69, 9.17) is 0 Å². The molecule has 0 aliphatic carbocycles. The number of nitrogens with zero attached hydrogens (tertiary/aromatic N) is 2. The fourth-order valence-electron chi connectivity index (χ4n) is 1.40. The molecule has 0 N–H and O–H groups in total. The van der Waals surface area contributed by atoms with E-state index in [1.54, 1.807) is 0 Å². The van der Waals surface area contributed by atoms with Crippen LogP contribution in [0.15, 0.2) is 11.2 Å². The zero-order chi connectivity index (χ0) is 11.8. The number of aromatic nitrogens is 1. The molecule has 0 unspecified atom stereocenters. The van der Waals surface area contributed by atoms with Gasteiger partial charge in [0, 0.05) is 18.8 Å². The lowest BCUT2D eigenvalue weighted by atomic mass is 10.1. The van der Waals surface area contributed by atoms with Crippen LogP contribution in [0.25, 0.3) is 0 Å². The van der Waals surface area contributed by atoms with Gasteiger partial charge in [-0.25, -0.2) is 0 Å². The van der Waals surface area contributed by atoms with E-state index in [1.165, 1.54) is 11.1 Å². The maximum atomic E-state index is 4.27.